The van der Waals surface area contributed by atoms with E-state index in [-0.39, 0.29) is 22.6 Å². The topological polar surface area (TPSA) is 77.3 Å². The van der Waals surface area contributed by atoms with Crippen molar-refractivity contribution in [1.82, 2.24) is 4.98 Å². The summed E-state index contributed by atoms with van der Waals surface area (Å²) in [6.07, 6.45) is 2.10. The number of halogens is 1. The zero-order chi connectivity index (χ0) is 14.8. The van der Waals surface area contributed by atoms with Gasteiger partial charge in [0.2, 0.25) is 5.82 Å². The molecule has 2 aromatic rings. The largest absolute Gasteiger partial charge is 0.493 e. The van der Waals surface area contributed by atoms with Gasteiger partial charge in [-0.25, -0.2) is 4.98 Å². The molecule has 1 N–H and O–H groups in total. The molecule has 108 valence electrons. The lowest BCUT2D eigenvalue weighted by Gasteiger charge is -2.26. The molecule has 1 atom stereocenters. The van der Waals surface area contributed by atoms with Crippen molar-refractivity contribution in [2.24, 2.45) is 0 Å². The third kappa shape index (κ3) is 2.75. The number of para-hydroxylation sites is 1. The summed E-state index contributed by atoms with van der Waals surface area (Å²) in [7, 11) is 0. The Labute approximate surface area is 125 Å². The molecule has 0 amide bonds. The summed E-state index contributed by atoms with van der Waals surface area (Å²) < 4.78 is 5.57. The number of nitrogens with one attached hydrogen (secondary N) is 1. The molecule has 1 aromatic carbocycles. The first-order chi connectivity index (χ1) is 10.1. The summed E-state index contributed by atoms with van der Waals surface area (Å²) in [5, 5.41) is 14.5. The van der Waals surface area contributed by atoms with Crippen LogP contribution >= 0.6 is 11.6 Å². The summed E-state index contributed by atoms with van der Waals surface area (Å²) in [6.45, 7) is 0.552. The number of hydrogen-bond donors (Lipinski definition) is 1. The van der Waals surface area contributed by atoms with Gasteiger partial charge in [0.05, 0.1) is 22.6 Å². The number of anilines is 1. The highest BCUT2D eigenvalue weighted by atomic mass is 35.5. The summed E-state index contributed by atoms with van der Waals surface area (Å²) in [6, 6.07) is 8.83. The summed E-state index contributed by atoms with van der Waals surface area (Å²) in [5.41, 5.74) is 0.835. The number of hydrogen-bond acceptors (Lipinski definition) is 5. The molecule has 0 aliphatic carbocycles. The van der Waals surface area contributed by atoms with Gasteiger partial charge in [-0.2, -0.15) is 0 Å². The molecule has 3 rings (SSSR count). The maximum Gasteiger partial charge on any atom is 0.312 e. The van der Waals surface area contributed by atoms with E-state index in [9.17, 15) is 10.1 Å². The van der Waals surface area contributed by atoms with Gasteiger partial charge in [0.15, 0.2) is 0 Å². The van der Waals surface area contributed by atoms with Crippen LogP contribution in [0.25, 0.3) is 0 Å². The minimum absolute atomic E-state index is 0.0812. The van der Waals surface area contributed by atoms with Crippen molar-refractivity contribution in [3.8, 4) is 5.75 Å². The normalized spacial score (nSPS) is 16.7. The van der Waals surface area contributed by atoms with Crippen molar-refractivity contribution in [3.63, 3.8) is 0 Å². The second kappa shape index (κ2) is 5.57. The van der Waals surface area contributed by atoms with E-state index in [0.29, 0.717) is 13.0 Å². The predicted molar refractivity (Wildman–Crippen MR) is 78.8 cm³/mol. The summed E-state index contributed by atoms with van der Waals surface area (Å²) in [5.74, 6) is 1.00. The molecule has 6 nitrogen and oxygen atoms in total. The van der Waals surface area contributed by atoms with E-state index in [4.69, 9.17) is 16.3 Å². The number of benzene rings is 1. The highest BCUT2D eigenvalue weighted by Gasteiger charge is 2.24. The molecule has 1 unspecified atom stereocenters. The van der Waals surface area contributed by atoms with E-state index < -0.39 is 4.92 Å². The van der Waals surface area contributed by atoms with Gasteiger partial charge in [-0.05, 0) is 6.07 Å². The smallest absolute Gasteiger partial charge is 0.312 e. The second-order valence-electron chi connectivity index (χ2n) is 4.65. The SMILES string of the molecule is O=[N+]([O-])c1cc(Cl)cnc1NC1CCOc2ccccc21. The Morgan fingerprint density at radius 1 is 1.43 bits per heavy atom. The number of rotatable bonds is 3. The maximum atomic E-state index is 11.1. The fourth-order valence-electron chi connectivity index (χ4n) is 2.34. The van der Waals surface area contributed by atoms with Crippen LogP contribution in [-0.2, 0) is 0 Å². The van der Waals surface area contributed by atoms with Crippen molar-refractivity contribution in [2.45, 2.75) is 12.5 Å². The van der Waals surface area contributed by atoms with Crippen LogP contribution in [0.1, 0.15) is 18.0 Å². The Balaban J connectivity index is 1.93. The molecular formula is C14H12ClN3O3. The first kappa shape index (κ1) is 13.6. The van der Waals surface area contributed by atoms with E-state index in [1.54, 1.807) is 0 Å². The van der Waals surface area contributed by atoms with Crippen LogP contribution < -0.4 is 10.1 Å². The number of ether oxygens (including phenoxy) is 1. The Hall–Kier alpha value is -2.34. The Morgan fingerprint density at radius 3 is 3.05 bits per heavy atom. The number of nitrogens with zero attached hydrogens (tertiary/aromatic N) is 2. The van der Waals surface area contributed by atoms with Gasteiger partial charge < -0.3 is 10.1 Å². The van der Waals surface area contributed by atoms with Crippen LogP contribution in [0.15, 0.2) is 36.5 Å². The minimum Gasteiger partial charge on any atom is -0.493 e. The Morgan fingerprint density at radius 2 is 2.24 bits per heavy atom. The summed E-state index contributed by atoms with van der Waals surface area (Å²) in [4.78, 5) is 14.7. The van der Waals surface area contributed by atoms with Crippen LogP contribution in [0.4, 0.5) is 11.5 Å². The minimum atomic E-state index is -0.494. The van der Waals surface area contributed by atoms with E-state index in [1.807, 2.05) is 24.3 Å². The lowest BCUT2D eigenvalue weighted by Crippen LogP contribution is -2.21. The van der Waals surface area contributed by atoms with E-state index in [1.165, 1.54) is 12.3 Å². The summed E-state index contributed by atoms with van der Waals surface area (Å²) >= 11 is 5.77. The molecule has 7 heteroatoms. The third-order valence-electron chi connectivity index (χ3n) is 3.30. The molecular weight excluding hydrogens is 294 g/mol. The highest BCUT2D eigenvalue weighted by Crippen LogP contribution is 2.36. The van der Waals surface area contributed by atoms with E-state index >= 15 is 0 Å². The zero-order valence-electron chi connectivity index (χ0n) is 11.0. The molecule has 0 radical (unpaired) electrons. The molecule has 0 saturated heterocycles. The van der Waals surface area contributed by atoms with E-state index in [2.05, 4.69) is 10.3 Å². The molecule has 2 heterocycles. The highest BCUT2D eigenvalue weighted by molar-refractivity contribution is 6.30. The fourth-order valence-corrected chi connectivity index (χ4v) is 2.49. The molecule has 0 bridgehead atoms. The molecule has 0 spiro atoms. The van der Waals surface area contributed by atoms with Crippen molar-refractivity contribution in [3.05, 3.63) is 57.2 Å². The van der Waals surface area contributed by atoms with Gasteiger partial charge >= 0.3 is 5.69 Å². The lowest BCUT2D eigenvalue weighted by molar-refractivity contribution is -0.384. The lowest BCUT2D eigenvalue weighted by atomic mass is 10.0. The van der Waals surface area contributed by atoms with Crippen molar-refractivity contribution >= 4 is 23.1 Å². The monoisotopic (exact) mass is 305 g/mol. The van der Waals surface area contributed by atoms with Gasteiger partial charge in [0, 0.05) is 24.2 Å². The Kier molecular flexibility index (Phi) is 3.62. The van der Waals surface area contributed by atoms with Crippen LogP contribution in [0.5, 0.6) is 5.75 Å². The first-order valence-electron chi connectivity index (χ1n) is 6.43. The fraction of sp³-hybridized carbons (Fsp3) is 0.214. The second-order valence-corrected chi connectivity index (χ2v) is 5.09. The average Bonchev–Trinajstić information content (AvgIpc) is 2.49. The van der Waals surface area contributed by atoms with Gasteiger partial charge in [0.25, 0.3) is 0 Å². The van der Waals surface area contributed by atoms with Gasteiger partial charge in [-0.1, -0.05) is 29.8 Å². The first-order valence-corrected chi connectivity index (χ1v) is 6.81. The molecule has 0 saturated carbocycles. The standard InChI is InChI=1S/C14H12ClN3O3/c15-9-7-12(18(19)20)14(16-8-9)17-11-5-6-21-13-4-2-1-3-10(11)13/h1-4,7-8,11H,5-6H2,(H,16,17). The average molecular weight is 306 g/mol. The van der Waals surface area contributed by atoms with E-state index in [0.717, 1.165) is 11.3 Å². The molecule has 0 fully saturated rings. The third-order valence-corrected chi connectivity index (χ3v) is 3.51. The molecule has 1 aromatic heterocycles. The number of nitro groups is 1. The predicted octanol–water partition coefficient (Wildman–Crippen LogP) is 3.58. The van der Waals surface area contributed by atoms with Gasteiger partial charge in [0.1, 0.15) is 5.75 Å². The van der Waals surface area contributed by atoms with Crippen molar-refractivity contribution < 1.29 is 9.66 Å². The van der Waals surface area contributed by atoms with Crippen molar-refractivity contribution in [1.29, 1.82) is 0 Å². The van der Waals surface area contributed by atoms with Gasteiger partial charge in [-0.3, -0.25) is 10.1 Å². The van der Waals surface area contributed by atoms with Crippen LogP contribution in [0, 0.1) is 10.1 Å². The quantitative estimate of drug-likeness (QED) is 0.692. The zero-order valence-corrected chi connectivity index (χ0v) is 11.7. The number of fused-ring (bicyclic) bond motifs is 1. The molecule has 1 aliphatic heterocycles. The maximum absolute atomic E-state index is 11.1. The van der Waals surface area contributed by atoms with Crippen LogP contribution in [-0.4, -0.2) is 16.5 Å². The molecule has 1 aliphatic rings. The van der Waals surface area contributed by atoms with Crippen LogP contribution in [0.3, 0.4) is 0 Å². The number of aromatic nitrogens is 1. The number of pyridine rings is 1. The Bertz CT molecular complexity index is 693. The van der Waals surface area contributed by atoms with Crippen molar-refractivity contribution in [2.75, 3.05) is 11.9 Å². The van der Waals surface area contributed by atoms with Crippen LogP contribution in [0.2, 0.25) is 5.02 Å². The van der Waals surface area contributed by atoms with Gasteiger partial charge in [-0.15, -0.1) is 0 Å². The molecule has 21 heavy (non-hydrogen) atoms.